The van der Waals surface area contributed by atoms with E-state index < -0.39 is 20.8 Å². The van der Waals surface area contributed by atoms with Crippen LogP contribution in [0.15, 0.2) is 17.2 Å². The normalized spacial score (nSPS) is 13.5. The van der Waals surface area contributed by atoms with Crippen LogP contribution in [-0.4, -0.2) is 36.2 Å². The lowest BCUT2D eigenvalue weighted by atomic mass is 10.5. The lowest BCUT2D eigenvalue weighted by molar-refractivity contribution is 0.583. The zero-order valence-electron chi connectivity index (χ0n) is 9.01. The molecule has 0 fully saturated rings. The number of nitrogens with two attached hydrogens (primary N) is 1. The first-order chi connectivity index (χ1) is 7.83. The molecule has 1 heterocycles. The van der Waals surface area contributed by atoms with Gasteiger partial charge in [-0.25, -0.2) is 18.1 Å². The van der Waals surface area contributed by atoms with Gasteiger partial charge in [-0.1, -0.05) is 11.6 Å². The minimum atomic E-state index is -3.68. The predicted molar refractivity (Wildman–Crippen MR) is 67.8 cm³/mol. The van der Waals surface area contributed by atoms with Gasteiger partial charge in [0.25, 0.3) is 0 Å². The van der Waals surface area contributed by atoms with Crippen molar-refractivity contribution in [2.75, 3.05) is 24.3 Å². The van der Waals surface area contributed by atoms with Crippen molar-refractivity contribution in [2.45, 2.75) is 4.90 Å². The van der Waals surface area contributed by atoms with Crippen LogP contribution >= 0.6 is 11.6 Å². The van der Waals surface area contributed by atoms with E-state index in [1.165, 1.54) is 12.3 Å². The first-order valence-electron chi connectivity index (χ1n) is 4.53. The minimum absolute atomic E-state index is 0.0697. The van der Waals surface area contributed by atoms with Gasteiger partial charge in [-0.15, -0.1) is 0 Å². The second-order valence-corrected chi connectivity index (χ2v) is 6.94. The van der Waals surface area contributed by atoms with Gasteiger partial charge in [0.05, 0.1) is 5.02 Å². The first-order valence-corrected chi connectivity index (χ1v) is 8.12. The molecule has 1 rings (SSSR count). The number of aromatic nitrogens is 1. The molecule has 3 N–H and O–H groups in total. The maximum Gasteiger partial charge on any atom is 0.242 e. The summed E-state index contributed by atoms with van der Waals surface area (Å²) in [7, 11) is -4.74. The van der Waals surface area contributed by atoms with Crippen molar-refractivity contribution in [3.8, 4) is 0 Å². The van der Waals surface area contributed by atoms with E-state index in [9.17, 15) is 12.6 Å². The second-order valence-electron chi connectivity index (χ2n) is 3.21. The molecule has 1 aromatic rings. The molecule has 0 saturated carbocycles. The molecular formula is C8H12ClN3O3S2. The quantitative estimate of drug-likeness (QED) is 0.795. The molecule has 0 aliphatic rings. The molecule has 0 bridgehead atoms. The predicted octanol–water partition coefficient (Wildman–Crippen LogP) is -0.0260. The van der Waals surface area contributed by atoms with Crippen molar-refractivity contribution in [1.82, 2.24) is 9.71 Å². The Morgan fingerprint density at radius 2 is 2.24 bits per heavy atom. The number of sulfonamides is 1. The van der Waals surface area contributed by atoms with Crippen LogP contribution < -0.4 is 10.5 Å². The highest BCUT2D eigenvalue weighted by atomic mass is 35.5. The van der Waals surface area contributed by atoms with Crippen LogP contribution in [-0.2, 0) is 20.8 Å². The summed E-state index contributed by atoms with van der Waals surface area (Å²) in [6, 6.07) is 1.22. The number of pyridine rings is 1. The molecule has 6 nitrogen and oxygen atoms in total. The Hall–Kier alpha value is -0.700. The lowest BCUT2D eigenvalue weighted by Crippen LogP contribution is -2.27. The molecular weight excluding hydrogens is 286 g/mol. The van der Waals surface area contributed by atoms with E-state index in [2.05, 4.69) is 9.71 Å². The molecule has 0 amide bonds. The molecule has 1 atom stereocenters. The van der Waals surface area contributed by atoms with E-state index >= 15 is 0 Å². The van der Waals surface area contributed by atoms with Gasteiger partial charge in [-0.2, -0.15) is 0 Å². The molecule has 1 unspecified atom stereocenters. The molecule has 9 heteroatoms. The average Bonchev–Trinajstić information content (AvgIpc) is 2.21. The van der Waals surface area contributed by atoms with E-state index in [0.717, 1.165) is 6.20 Å². The fourth-order valence-corrected chi connectivity index (χ4v) is 2.73. The third-order valence-corrected chi connectivity index (χ3v) is 4.35. The van der Waals surface area contributed by atoms with Crippen molar-refractivity contribution >= 4 is 38.2 Å². The minimum Gasteiger partial charge on any atom is -0.382 e. The molecule has 0 radical (unpaired) electrons. The van der Waals surface area contributed by atoms with Gasteiger partial charge in [-0.05, 0) is 6.07 Å². The highest BCUT2D eigenvalue weighted by Crippen LogP contribution is 2.19. The van der Waals surface area contributed by atoms with Crippen molar-refractivity contribution < 1.29 is 12.6 Å². The van der Waals surface area contributed by atoms with Gasteiger partial charge in [0.15, 0.2) is 0 Å². The van der Waals surface area contributed by atoms with Gasteiger partial charge in [-0.3, -0.25) is 4.21 Å². The Labute approximate surface area is 107 Å². The number of hydrogen-bond acceptors (Lipinski definition) is 5. The summed E-state index contributed by atoms with van der Waals surface area (Å²) in [5, 5.41) is 0.0759. The molecule has 96 valence electrons. The lowest BCUT2D eigenvalue weighted by Gasteiger charge is -2.06. The molecule has 0 spiro atoms. The van der Waals surface area contributed by atoms with Crippen LogP contribution in [0.25, 0.3) is 0 Å². The van der Waals surface area contributed by atoms with Gasteiger partial charge in [0, 0.05) is 35.5 Å². The highest BCUT2D eigenvalue weighted by Gasteiger charge is 2.15. The first kappa shape index (κ1) is 14.4. The molecule has 0 aliphatic carbocycles. The van der Waals surface area contributed by atoms with Gasteiger partial charge < -0.3 is 5.73 Å². The average molecular weight is 298 g/mol. The zero-order chi connectivity index (χ0) is 13.1. The summed E-state index contributed by atoms with van der Waals surface area (Å²) in [5.41, 5.74) is 5.37. The summed E-state index contributed by atoms with van der Waals surface area (Å²) >= 11 is 5.68. The fraction of sp³-hybridized carbons (Fsp3) is 0.375. The third-order valence-electron chi connectivity index (χ3n) is 1.84. The number of rotatable bonds is 5. The number of hydrogen-bond donors (Lipinski definition) is 2. The van der Waals surface area contributed by atoms with E-state index in [-0.39, 0.29) is 28.0 Å². The summed E-state index contributed by atoms with van der Waals surface area (Å²) in [5.74, 6) is 0.315. The highest BCUT2D eigenvalue weighted by molar-refractivity contribution is 7.89. The zero-order valence-corrected chi connectivity index (χ0v) is 11.4. The Morgan fingerprint density at radius 3 is 2.76 bits per heavy atom. The van der Waals surface area contributed by atoms with Crippen LogP contribution in [0.3, 0.4) is 0 Å². The molecule has 1 aromatic heterocycles. The maximum absolute atomic E-state index is 11.7. The number of nitrogens with one attached hydrogen (secondary N) is 1. The van der Waals surface area contributed by atoms with Gasteiger partial charge in [0.1, 0.15) is 10.7 Å². The standard InChI is InChI=1S/C8H12ClN3O3S2/c1-16(13)3-2-12-17(14,15)6-4-7(9)8(10)11-5-6/h4-5,12H,2-3H2,1H3,(H2,10,11). The van der Waals surface area contributed by atoms with Crippen LogP contribution in [0, 0.1) is 0 Å². The largest absolute Gasteiger partial charge is 0.382 e. The van der Waals surface area contributed by atoms with Crippen molar-refractivity contribution in [3.05, 3.63) is 17.3 Å². The number of nitrogens with zero attached hydrogens (tertiary/aromatic N) is 1. The van der Waals surface area contributed by atoms with Crippen LogP contribution in [0.2, 0.25) is 5.02 Å². The van der Waals surface area contributed by atoms with E-state index in [1.807, 2.05) is 0 Å². The van der Waals surface area contributed by atoms with E-state index in [0.29, 0.717) is 0 Å². The summed E-state index contributed by atoms with van der Waals surface area (Å²) in [6.45, 7) is 0.0907. The Kier molecular flexibility index (Phi) is 4.87. The smallest absolute Gasteiger partial charge is 0.242 e. The maximum atomic E-state index is 11.7. The van der Waals surface area contributed by atoms with Gasteiger partial charge in [0.2, 0.25) is 10.0 Å². The Balaban J connectivity index is 2.82. The van der Waals surface area contributed by atoms with Crippen molar-refractivity contribution in [1.29, 1.82) is 0 Å². The Bertz CT molecular complexity index is 533. The number of anilines is 1. The second kappa shape index (κ2) is 5.76. The van der Waals surface area contributed by atoms with Crippen molar-refractivity contribution in [3.63, 3.8) is 0 Å². The van der Waals surface area contributed by atoms with Crippen LogP contribution in [0.5, 0.6) is 0 Å². The van der Waals surface area contributed by atoms with Gasteiger partial charge >= 0.3 is 0 Å². The summed E-state index contributed by atoms with van der Waals surface area (Å²) < 4.78 is 36.5. The van der Waals surface area contributed by atoms with Crippen LogP contribution in [0.1, 0.15) is 0 Å². The number of halogens is 1. The molecule has 0 aliphatic heterocycles. The SMILES string of the molecule is CS(=O)CCNS(=O)(=O)c1cnc(N)c(Cl)c1. The van der Waals surface area contributed by atoms with E-state index in [1.54, 1.807) is 0 Å². The monoisotopic (exact) mass is 297 g/mol. The van der Waals surface area contributed by atoms with Crippen molar-refractivity contribution in [2.24, 2.45) is 0 Å². The molecule has 0 saturated heterocycles. The molecule has 0 aromatic carbocycles. The van der Waals surface area contributed by atoms with Crippen LogP contribution in [0.4, 0.5) is 5.82 Å². The summed E-state index contributed by atoms with van der Waals surface area (Å²) in [6.07, 6.45) is 2.61. The Morgan fingerprint density at radius 1 is 1.59 bits per heavy atom. The fourth-order valence-electron chi connectivity index (χ4n) is 0.981. The third kappa shape index (κ3) is 4.23. The molecule has 17 heavy (non-hydrogen) atoms. The summed E-state index contributed by atoms with van der Waals surface area (Å²) in [4.78, 5) is 3.58. The van der Waals surface area contributed by atoms with E-state index in [4.69, 9.17) is 17.3 Å². The topological polar surface area (TPSA) is 102 Å². The number of nitrogen functional groups attached to an aromatic ring is 1.